The standard InChI is InChI=1S/C25H31BrN4O/c26-18-8-9-22(23(16-18)30-14-12-25(10-11-25)13-15-30)28-17-20(27)21-6-3-7-24(29-21)31-19-4-1-2-5-19/h3,6-9,16-17,19,28H,1-2,4-5,10-15,27H2/b20-17-. The average molecular weight is 483 g/mol. The Hall–Kier alpha value is -2.21. The van der Waals surface area contributed by atoms with Crippen LogP contribution >= 0.6 is 15.9 Å². The number of benzene rings is 1. The second-order valence-corrected chi connectivity index (χ2v) is 10.2. The lowest BCUT2D eigenvalue weighted by Crippen LogP contribution is -2.34. The predicted molar refractivity (Wildman–Crippen MR) is 130 cm³/mol. The largest absolute Gasteiger partial charge is 0.474 e. The van der Waals surface area contributed by atoms with Crippen LogP contribution in [-0.4, -0.2) is 24.2 Å². The molecule has 5 rings (SSSR count). The molecule has 5 nitrogen and oxygen atoms in total. The molecule has 1 aromatic heterocycles. The van der Waals surface area contributed by atoms with Gasteiger partial charge in [0.2, 0.25) is 5.88 Å². The fourth-order valence-corrected chi connectivity index (χ4v) is 5.18. The van der Waals surface area contributed by atoms with Crippen molar-refractivity contribution in [3.8, 4) is 5.88 Å². The summed E-state index contributed by atoms with van der Waals surface area (Å²) in [5, 5.41) is 3.43. The van der Waals surface area contributed by atoms with Crippen LogP contribution in [0.4, 0.5) is 11.4 Å². The van der Waals surface area contributed by atoms with Crippen molar-refractivity contribution in [3.63, 3.8) is 0 Å². The number of aromatic nitrogens is 1. The summed E-state index contributed by atoms with van der Waals surface area (Å²) in [5.41, 5.74) is 10.7. The molecule has 1 saturated heterocycles. The van der Waals surface area contributed by atoms with Gasteiger partial charge in [0.15, 0.2) is 0 Å². The lowest BCUT2D eigenvalue weighted by Gasteiger charge is -2.35. The summed E-state index contributed by atoms with van der Waals surface area (Å²) in [6.07, 6.45) is 12.3. The molecular weight excluding hydrogens is 452 g/mol. The van der Waals surface area contributed by atoms with Crippen LogP contribution < -0.4 is 20.7 Å². The van der Waals surface area contributed by atoms with E-state index in [1.807, 2.05) is 24.4 Å². The molecule has 2 aliphatic carbocycles. The number of nitrogens with one attached hydrogen (secondary N) is 1. The van der Waals surface area contributed by atoms with E-state index < -0.39 is 0 Å². The Morgan fingerprint density at radius 2 is 1.90 bits per heavy atom. The smallest absolute Gasteiger partial charge is 0.214 e. The van der Waals surface area contributed by atoms with Crippen LogP contribution in [0.2, 0.25) is 0 Å². The van der Waals surface area contributed by atoms with E-state index in [9.17, 15) is 0 Å². The topological polar surface area (TPSA) is 63.4 Å². The summed E-state index contributed by atoms with van der Waals surface area (Å²) in [7, 11) is 0. The highest BCUT2D eigenvalue weighted by atomic mass is 79.9. The van der Waals surface area contributed by atoms with Crippen molar-refractivity contribution in [2.45, 2.75) is 57.5 Å². The first kappa shape index (κ1) is 20.7. The normalized spacial score (nSPS) is 20.8. The maximum atomic E-state index is 6.38. The molecule has 3 N–H and O–H groups in total. The highest BCUT2D eigenvalue weighted by Crippen LogP contribution is 2.54. The van der Waals surface area contributed by atoms with Crippen molar-refractivity contribution >= 4 is 33.0 Å². The average Bonchev–Trinajstić information content (AvgIpc) is 3.33. The van der Waals surface area contributed by atoms with Gasteiger partial charge in [-0.3, -0.25) is 0 Å². The first-order valence-electron chi connectivity index (χ1n) is 11.5. The molecule has 1 spiro atoms. The first-order chi connectivity index (χ1) is 15.1. The van der Waals surface area contributed by atoms with Gasteiger partial charge < -0.3 is 20.7 Å². The van der Waals surface area contributed by atoms with Crippen molar-refractivity contribution in [2.24, 2.45) is 11.1 Å². The number of hydrogen-bond donors (Lipinski definition) is 2. The lowest BCUT2D eigenvalue weighted by molar-refractivity contribution is 0.201. The van der Waals surface area contributed by atoms with E-state index in [0.29, 0.717) is 17.0 Å². The van der Waals surface area contributed by atoms with Gasteiger partial charge in [0.1, 0.15) is 6.10 Å². The Balaban J connectivity index is 1.29. The van der Waals surface area contributed by atoms with E-state index in [2.05, 4.69) is 49.3 Å². The molecule has 164 valence electrons. The van der Waals surface area contributed by atoms with Crippen LogP contribution in [0.1, 0.15) is 57.1 Å². The molecule has 6 heteroatoms. The Bertz CT molecular complexity index is 956. The van der Waals surface area contributed by atoms with Crippen molar-refractivity contribution in [2.75, 3.05) is 23.3 Å². The molecule has 3 fully saturated rings. The third kappa shape index (κ3) is 4.84. The summed E-state index contributed by atoms with van der Waals surface area (Å²) in [6, 6.07) is 12.2. The monoisotopic (exact) mass is 482 g/mol. The van der Waals surface area contributed by atoms with E-state index in [-0.39, 0.29) is 6.10 Å². The highest BCUT2D eigenvalue weighted by molar-refractivity contribution is 9.10. The summed E-state index contributed by atoms with van der Waals surface area (Å²) < 4.78 is 7.13. The number of halogens is 1. The molecule has 1 aliphatic heterocycles. The minimum atomic E-state index is 0.288. The van der Waals surface area contributed by atoms with Gasteiger partial charge in [0, 0.05) is 29.8 Å². The Morgan fingerprint density at radius 1 is 1.13 bits per heavy atom. The van der Waals surface area contributed by atoms with Gasteiger partial charge in [0.25, 0.3) is 0 Å². The first-order valence-corrected chi connectivity index (χ1v) is 12.3. The summed E-state index contributed by atoms with van der Waals surface area (Å²) in [6.45, 7) is 2.23. The van der Waals surface area contributed by atoms with Crippen molar-refractivity contribution in [3.05, 3.63) is 52.8 Å². The maximum Gasteiger partial charge on any atom is 0.214 e. The minimum Gasteiger partial charge on any atom is -0.474 e. The second kappa shape index (κ2) is 8.73. The second-order valence-electron chi connectivity index (χ2n) is 9.28. The number of nitrogens with zero attached hydrogens (tertiary/aromatic N) is 2. The molecule has 2 saturated carbocycles. The number of rotatable bonds is 6. The quantitative estimate of drug-likeness (QED) is 0.535. The fraction of sp³-hybridized carbons (Fsp3) is 0.480. The number of piperidine rings is 1. The zero-order valence-corrected chi connectivity index (χ0v) is 19.5. The van der Waals surface area contributed by atoms with Crippen LogP contribution in [-0.2, 0) is 0 Å². The summed E-state index contributed by atoms with van der Waals surface area (Å²) >= 11 is 3.64. The summed E-state index contributed by atoms with van der Waals surface area (Å²) in [4.78, 5) is 7.12. The lowest BCUT2D eigenvalue weighted by atomic mass is 9.93. The molecule has 3 aliphatic rings. The van der Waals surface area contributed by atoms with Crippen molar-refractivity contribution in [1.82, 2.24) is 4.98 Å². The third-order valence-electron chi connectivity index (χ3n) is 7.07. The van der Waals surface area contributed by atoms with Crippen LogP contribution in [0.25, 0.3) is 5.70 Å². The molecule has 0 atom stereocenters. The molecule has 0 amide bonds. The van der Waals surface area contributed by atoms with Gasteiger partial charge in [-0.15, -0.1) is 0 Å². The number of nitrogens with two attached hydrogens (primary N) is 1. The van der Waals surface area contributed by atoms with Gasteiger partial charge in [-0.1, -0.05) is 22.0 Å². The maximum absolute atomic E-state index is 6.38. The number of pyridine rings is 1. The molecular formula is C25H31BrN4O. The molecule has 31 heavy (non-hydrogen) atoms. The molecule has 1 aromatic carbocycles. The van der Waals surface area contributed by atoms with Gasteiger partial charge in [-0.2, -0.15) is 0 Å². The zero-order valence-electron chi connectivity index (χ0n) is 17.9. The van der Waals surface area contributed by atoms with Gasteiger partial charge in [-0.05, 0) is 81.0 Å². The van der Waals surface area contributed by atoms with Gasteiger partial charge >= 0.3 is 0 Å². The van der Waals surface area contributed by atoms with Crippen LogP contribution in [0, 0.1) is 5.41 Å². The molecule has 0 unspecified atom stereocenters. The number of anilines is 2. The number of ether oxygens (including phenoxy) is 1. The van der Waals surface area contributed by atoms with E-state index in [0.717, 1.165) is 41.8 Å². The SMILES string of the molecule is N/C(=C\Nc1ccc(Br)cc1N1CCC2(CC1)CC2)c1cccc(OC2CCCC2)n1. The van der Waals surface area contributed by atoms with Crippen molar-refractivity contribution < 1.29 is 4.74 Å². The molecule has 2 aromatic rings. The Kier molecular flexibility index (Phi) is 5.83. The summed E-state index contributed by atoms with van der Waals surface area (Å²) in [5.74, 6) is 0.660. The van der Waals surface area contributed by atoms with Crippen molar-refractivity contribution in [1.29, 1.82) is 0 Å². The van der Waals surface area contributed by atoms with E-state index in [1.54, 1.807) is 0 Å². The van der Waals surface area contributed by atoms with Crippen LogP contribution in [0.5, 0.6) is 5.88 Å². The van der Waals surface area contributed by atoms with Gasteiger partial charge in [-0.25, -0.2) is 4.98 Å². The fourth-order valence-electron chi connectivity index (χ4n) is 4.83. The van der Waals surface area contributed by atoms with Crippen LogP contribution in [0.15, 0.2) is 47.1 Å². The van der Waals surface area contributed by atoms with E-state index >= 15 is 0 Å². The van der Waals surface area contributed by atoms with E-state index in [4.69, 9.17) is 10.5 Å². The third-order valence-corrected chi connectivity index (χ3v) is 7.57. The molecule has 0 bridgehead atoms. The minimum absolute atomic E-state index is 0.288. The molecule has 2 heterocycles. The number of hydrogen-bond acceptors (Lipinski definition) is 5. The van der Waals surface area contributed by atoms with Gasteiger partial charge in [0.05, 0.1) is 22.8 Å². The Labute approximate surface area is 193 Å². The zero-order chi connectivity index (χ0) is 21.3. The highest BCUT2D eigenvalue weighted by Gasteiger charge is 2.44. The Morgan fingerprint density at radius 3 is 2.65 bits per heavy atom. The predicted octanol–water partition coefficient (Wildman–Crippen LogP) is 5.92. The van der Waals surface area contributed by atoms with Crippen LogP contribution in [0.3, 0.4) is 0 Å². The van der Waals surface area contributed by atoms with E-state index in [1.165, 1.54) is 44.2 Å². The molecule has 0 radical (unpaired) electrons.